The molecule has 0 unspecified atom stereocenters. The Hall–Kier alpha value is -2.29. The van der Waals surface area contributed by atoms with Gasteiger partial charge in [0.1, 0.15) is 5.82 Å². The first kappa shape index (κ1) is 24.8. The predicted molar refractivity (Wildman–Crippen MR) is 131 cm³/mol. The van der Waals surface area contributed by atoms with E-state index in [0.29, 0.717) is 18.9 Å². The minimum atomic E-state index is -3.69. The van der Waals surface area contributed by atoms with Crippen molar-refractivity contribution in [3.63, 3.8) is 0 Å². The molecular weight excluding hydrogens is 453 g/mol. The maximum Gasteiger partial charge on any atom is 0.243 e. The molecule has 1 amide bonds. The molecule has 2 fully saturated rings. The topological polar surface area (TPSA) is 69.7 Å². The van der Waals surface area contributed by atoms with Gasteiger partial charge in [-0.25, -0.2) is 12.8 Å². The molecule has 1 N–H and O–H groups in total. The van der Waals surface area contributed by atoms with E-state index in [9.17, 15) is 17.6 Å². The maximum absolute atomic E-state index is 13.2. The van der Waals surface area contributed by atoms with E-state index in [1.165, 1.54) is 48.5 Å². The molecule has 4 rings (SSSR count). The largest absolute Gasteiger partial charge is 0.326 e. The summed E-state index contributed by atoms with van der Waals surface area (Å²) in [5, 5.41) is 3.10. The summed E-state index contributed by atoms with van der Waals surface area (Å²) in [5.41, 5.74) is 1.93. The zero-order valence-electron chi connectivity index (χ0n) is 19.7. The van der Waals surface area contributed by atoms with Crippen LogP contribution in [0.3, 0.4) is 0 Å². The number of nitrogens with zero attached hydrogens (tertiary/aromatic N) is 2. The molecule has 1 saturated heterocycles. The van der Waals surface area contributed by atoms with Gasteiger partial charge in [-0.1, -0.05) is 37.5 Å². The fourth-order valence-corrected chi connectivity index (χ4v) is 6.52. The van der Waals surface area contributed by atoms with Gasteiger partial charge in [0, 0.05) is 37.3 Å². The first-order valence-corrected chi connectivity index (χ1v) is 13.6. The van der Waals surface area contributed by atoms with Crippen LogP contribution >= 0.6 is 0 Å². The lowest BCUT2D eigenvalue weighted by molar-refractivity contribution is -0.120. The van der Waals surface area contributed by atoms with Crippen molar-refractivity contribution in [1.82, 2.24) is 9.21 Å². The molecule has 1 aliphatic heterocycles. The Morgan fingerprint density at radius 3 is 2.32 bits per heavy atom. The second kappa shape index (κ2) is 11.0. The van der Waals surface area contributed by atoms with Crippen LogP contribution in [0.5, 0.6) is 0 Å². The number of para-hydroxylation sites is 1. The average Bonchev–Trinajstić information content (AvgIpc) is 2.86. The molecule has 184 valence electrons. The molecule has 1 aliphatic carbocycles. The van der Waals surface area contributed by atoms with Gasteiger partial charge in [-0.3, -0.25) is 9.69 Å². The van der Waals surface area contributed by atoms with Crippen molar-refractivity contribution >= 4 is 21.6 Å². The van der Waals surface area contributed by atoms with Crippen LogP contribution in [0.1, 0.15) is 50.5 Å². The summed E-state index contributed by atoms with van der Waals surface area (Å²) in [5.74, 6) is -0.782. The first-order valence-electron chi connectivity index (χ1n) is 12.2. The van der Waals surface area contributed by atoms with E-state index in [1.54, 1.807) is 0 Å². The van der Waals surface area contributed by atoms with Gasteiger partial charge >= 0.3 is 0 Å². The van der Waals surface area contributed by atoms with Crippen molar-refractivity contribution in [2.75, 3.05) is 25.5 Å². The number of benzene rings is 2. The highest BCUT2D eigenvalue weighted by atomic mass is 32.2. The first-order chi connectivity index (χ1) is 16.3. The van der Waals surface area contributed by atoms with Gasteiger partial charge in [0.15, 0.2) is 0 Å². The Labute approximate surface area is 202 Å². The van der Waals surface area contributed by atoms with Crippen LogP contribution in [0.4, 0.5) is 10.1 Å². The summed E-state index contributed by atoms with van der Waals surface area (Å²) in [7, 11) is -1.53. The zero-order valence-corrected chi connectivity index (χ0v) is 20.6. The van der Waals surface area contributed by atoms with Crippen LogP contribution in [0.25, 0.3) is 0 Å². The van der Waals surface area contributed by atoms with E-state index < -0.39 is 15.8 Å². The van der Waals surface area contributed by atoms with Crippen LogP contribution in [0.15, 0.2) is 53.4 Å². The highest BCUT2D eigenvalue weighted by molar-refractivity contribution is 7.89. The quantitative estimate of drug-likeness (QED) is 0.618. The Balaban J connectivity index is 1.35. The van der Waals surface area contributed by atoms with E-state index in [4.69, 9.17) is 0 Å². The number of piperidine rings is 1. The minimum absolute atomic E-state index is 0.0633. The Bertz CT molecular complexity index is 1080. The third-order valence-corrected chi connectivity index (χ3v) is 9.08. The van der Waals surface area contributed by atoms with Gasteiger partial charge in [0.25, 0.3) is 0 Å². The normalized spacial score (nSPS) is 18.8. The van der Waals surface area contributed by atoms with Gasteiger partial charge in [-0.2, -0.15) is 4.31 Å². The smallest absolute Gasteiger partial charge is 0.243 e. The van der Waals surface area contributed by atoms with Gasteiger partial charge < -0.3 is 5.32 Å². The summed E-state index contributed by atoms with van der Waals surface area (Å²) in [6.07, 6.45) is 7.24. The fraction of sp³-hybridized carbons (Fsp3) is 0.500. The van der Waals surface area contributed by atoms with Gasteiger partial charge in [0.05, 0.1) is 4.90 Å². The molecule has 0 atom stereocenters. The number of carbonyl (C=O) groups is 1. The molecule has 0 radical (unpaired) electrons. The Morgan fingerprint density at radius 1 is 1.00 bits per heavy atom. The molecule has 1 saturated carbocycles. The van der Waals surface area contributed by atoms with Crippen LogP contribution in [-0.2, 0) is 21.4 Å². The van der Waals surface area contributed by atoms with E-state index in [-0.39, 0.29) is 29.8 Å². The van der Waals surface area contributed by atoms with E-state index in [1.807, 2.05) is 18.2 Å². The molecule has 2 aromatic carbocycles. The highest BCUT2D eigenvalue weighted by Crippen LogP contribution is 2.27. The molecule has 0 spiro atoms. The van der Waals surface area contributed by atoms with Crippen molar-refractivity contribution in [3.05, 3.63) is 59.9 Å². The number of hydrogen-bond acceptors (Lipinski definition) is 4. The highest BCUT2D eigenvalue weighted by Gasteiger charge is 2.32. The second-order valence-corrected chi connectivity index (χ2v) is 11.4. The van der Waals surface area contributed by atoms with E-state index in [0.717, 1.165) is 29.9 Å². The summed E-state index contributed by atoms with van der Waals surface area (Å²) in [6, 6.07) is 13.4. The standard InChI is InChI=1S/C26H34FN3O3S/c1-29(23-8-3-2-4-9-23)19-21-7-5-6-10-25(21)28-26(31)20-15-17-30(18-16-20)34(32,33)24-13-11-22(27)12-14-24/h5-7,10-14,20,23H,2-4,8-9,15-19H2,1H3,(H,28,31). The molecule has 1 heterocycles. The third-order valence-electron chi connectivity index (χ3n) is 7.17. The molecule has 0 aromatic heterocycles. The Morgan fingerprint density at radius 2 is 1.65 bits per heavy atom. The number of sulfonamides is 1. The van der Waals surface area contributed by atoms with E-state index >= 15 is 0 Å². The summed E-state index contributed by atoms with van der Waals surface area (Å²) >= 11 is 0. The lowest BCUT2D eigenvalue weighted by atomic mass is 9.94. The lowest BCUT2D eigenvalue weighted by Gasteiger charge is -2.32. The van der Waals surface area contributed by atoms with Crippen molar-refractivity contribution in [3.8, 4) is 0 Å². The van der Waals surface area contributed by atoms with Crippen molar-refractivity contribution < 1.29 is 17.6 Å². The number of rotatable bonds is 7. The zero-order chi connectivity index (χ0) is 24.1. The number of hydrogen-bond donors (Lipinski definition) is 1. The number of nitrogens with one attached hydrogen (secondary N) is 1. The van der Waals surface area contributed by atoms with E-state index in [2.05, 4.69) is 23.3 Å². The number of anilines is 1. The number of halogens is 1. The van der Waals surface area contributed by atoms with Gasteiger partial charge in [0.2, 0.25) is 15.9 Å². The van der Waals surface area contributed by atoms with Gasteiger partial charge in [-0.15, -0.1) is 0 Å². The SMILES string of the molecule is CN(Cc1ccccc1NC(=O)C1CCN(S(=O)(=O)c2ccc(F)cc2)CC1)C1CCCCC1. The molecule has 0 bridgehead atoms. The van der Waals surface area contributed by atoms with Crippen LogP contribution < -0.4 is 5.32 Å². The molecule has 8 heteroatoms. The minimum Gasteiger partial charge on any atom is -0.326 e. The van der Waals surface area contributed by atoms with Crippen molar-refractivity contribution in [2.45, 2.75) is 62.4 Å². The molecule has 34 heavy (non-hydrogen) atoms. The predicted octanol–water partition coefficient (Wildman–Crippen LogP) is 4.63. The summed E-state index contributed by atoms with van der Waals surface area (Å²) in [4.78, 5) is 15.5. The van der Waals surface area contributed by atoms with Crippen LogP contribution in [0, 0.1) is 11.7 Å². The summed E-state index contributed by atoms with van der Waals surface area (Å²) < 4.78 is 40.2. The van der Waals surface area contributed by atoms with Crippen LogP contribution in [-0.4, -0.2) is 49.7 Å². The molecular formula is C26H34FN3O3S. The maximum atomic E-state index is 13.2. The number of carbonyl (C=O) groups excluding carboxylic acids is 1. The average molecular weight is 488 g/mol. The Kier molecular flexibility index (Phi) is 8.01. The van der Waals surface area contributed by atoms with Gasteiger partial charge in [-0.05, 0) is 68.6 Å². The fourth-order valence-electron chi connectivity index (χ4n) is 5.05. The van der Waals surface area contributed by atoms with Crippen molar-refractivity contribution in [2.24, 2.45) is 5.92 Å². The molecule has 2 aliphatic rings. The van der Waals surface area contributed by atoms with Crippen molar-refractivity contribution in [1.29, 1.82) is 0 Å². The molecule has 6 nitrogen and oxygen atoms in total. The summed E-state index contributed by atoms with van der Waals surface area (Å²) in [6.45, 7) is 1.32. The molecule has 2 aromatic rings. The van der Waals surface area contributed by atoms with Crippen LogP contribution in [0.2, 0.25) is 0 Å². The number of amides is 1. The third kappa shape index (κ3) is 5.85. The lowest BCUT2D eigenvalue weighted by Crippen LogP contribution is -2.41. The monoisotopic (exact) mass is 487 g/mol. The second-order valence-electron chi connectivity index (χ2n) is 9.49.